The lowest BCUT2D eigenvalue weighted by atomic mass is 10.1. The van der Waals surface area contributed by atoms with E-state index in [0.717, 1.165) is 30.0 Å². The molecule has 2 aromatic heterocycles. The summed E-state index contributed by atoms with van der Waals surface area (Å²) in [6.45, 7) is 6.85. The lowest BCUT2D eigenvalue weighted by Gasteiger charge is -2.16. The zero-order chi connectivity index (χ0) is 19.3. The fourth-order valence-electron chi connectivity index (χ4n) is 3.71. The molecule has 0 atom stereocenters. The van der Waals surface area contributed by atoms with Gasteiger partial charge >= 0.3 is 0 Å². The molecule has 1 fully saturated rings. The van der Waals surface area contributed by atoms with E-state index < -0.39 is 0 Å². The first-order valence-electron chi connectivity index (χ1n) is 9.89. The molecule has 1 N–H and O–H groups in total. The van der Waals surface area contributed by atoms with Crippen molar-refractivity contribution in [3.8, 4) is 11.5 Å². The smallest absolute Gasteiger partial charge is 0.179 e. The maximum absolute atomic E-state index is 6.00. The highest BCUT2D eigenvalue weighted by atomic mass is 16.5. The van der Waals surface area contributed by atoms with Gasteiger partial charge in [0.05, 0.1) is 26.5 Å². The Hall–Kier alpha value is -2.67. The zero-order valence-corrected chi connectivity index (χ0v) is 16.6. The third-order valence-electron chi connectivity index (χ3n) is 5.13. The molecule has 148 valence electrons. The summed E-state index contributed by atoms with van der Waals surface area (Å²) in [7, 11) is 1.63. The molecule has 0 aliphatic carbocycles. The van der Waals surface area contributed by atoms with Crippen molar-refractivity contribution in [2.45, 2.75) is 32.7 Å². The Labute approximate surface area is 165 Å². The Bertz CT molecular complexity index is 862. The van der Waals surface area contributed by atoms with Crippen LogP contribution in [0.1, 0.15) is 36.1 Å². The Morgan fingerprint density at radius 3 is 2.86 bits per heavy atom. The number of aliphatic imine (C=N–C) groups is 1. The number of rotatable bonds is 8. The van der Waals surface area contributed by atoms with Crippen molar-refractivity contribution in [2.75, 3.05) is 38.7 Å². The normalized spacial score (nSPS) is 15.6. The largest absolute Gasteiger partial charge is 0.491 e. The van der Waals surface area contributed by atoms with Gasteiger partial charge in [-0.1, -0.05) is 0 Å². The van der Waals surface area contributed by atoms with Gasteiger partial charge in [-0.3, -0.25) is 4.99 Å². The quantitative estimate of drug-likeness (QED) is 0.707. The van der Waals surface area contributed by atoms with Gasteiger partial charge in [0.2, 0.25) is 0 Å². The molecule has 1 saturated heterocycles. The summed E-state index contributed by atoms with van der Waals surface area (Å²) in [6, 6.07) is 3.95. The SMILES string of the molecule is COc1cnc(Nc2nc(C)cc3c2C=NC3)cc1OCCCN1CCCC1. The fraction of sp³-hybridized carbons (Fsp3) is 0.476. The van der Waals surface area contributed by atoms with E-state index in [0.29, 0.717) is 30.5 Å². The third-order valence-corrected chi connectivity index (χ3v) is 5.13. The number of hydrogen-bond donors (Lipinski definition) is 1. The number of likely N-dealkylation sites (tertiary alicyclic amines) is 1. The summed E-state index contributed by atoms with van der Waals surface area (Å²) < 4.78 is 11.4. The number of aryl methyl sites for hydroxylation is 1. The maximum atomic E-state index is 6.00. The molecule has 0 spiro atoms. The molecule has 7 heteroatoms. The van der Waals surface area contributed by atoms with Gasteiger partial charge < -0.3 is 19.7 Å². The van der Waals surface area contributed by atoms with Gasteiger partial charge in [-0.15, -0.1) is 0 Å². The monoisotopic (exact) mass is 381 g/mol. The van der Waals surface area contributed by atoms with Crippen LogP contribution in [0.4, 0.5) is 11.6 Å². The second-order valence-electron chi connectivity index (χ2n) is 7.25. The molecule has 2 aromatic rings. The Morgan fingerprint density at radius 2 is 2.04 bits per heavy atom. The second-order valence-corrected chi connectivity index (χ2v) is 7.25. The fourth-order valence-corrected chi connectivity index (χ4v) is 3.71. The Balaban J connectivity index is 1.44. The van der Waals surface area contributed by atoms with E-state index in [2.05, 4.69) is 31.2 Å². The van der Waals surface area contributed by atoms with Crippen LogP contribution in [-0.2, 0) is 6.54 Å². The van der Waals surface area contributed by atoms with Crippen LogP contribution >= 0.6 is 0 Å². The molecular formula is C21H27N5O2. The lowest BCUT2D eigenvalue weighted by molar-refractivity contribution is 0.254. The van der Waals surface area contributed by atoms with Crippen molar-refractivity contribution in [3.05, 3.63) is 35.2 Å². The van der Waals surface area contributed by atoms with Crippen LogP contribution in [-0.4, -0.2) is 54.4 Å². The van der Waals surface area contributed by atoms with Crippen LogP contribution in [0, 0.1) is 6.92 Å². The first-order valence-corrected chi connectivity index (χ1v) is 9.89. The van der Waals surface area contributed by atoms with Crippen LogP contribution in [0.15, 0.2) is 23.3 Å². The Kier molecular flexibility index (Phi) is 5.71. The van der Waals surface area contributed by atoms with Crippen molar-refractivity contribution in [2.24, 2.45) is 4.99 Å². The summed E-state index contributed by atoms with van der Waals surface area (Å²) in [5.41, 5.74) is 3.16. The van der Waals surface area contributed by atoms with Crippen molar-refractivity contribution in [1.82, 2.24) is 14.9 Å². The molecule has 0 saturated carbocycles. The molecule has 2 aliphatic heterocycles. The number of nitrogens with zero attached hydrogens (tertiary/aromatic N) is 4. The number of hydrogen-bond acceptors (Lipinski definition) is 7. The molecule has 2 aliphatic rings. The van der Waals surface area contributed by atoms with Crippen molar-refractivity contribution < 1.29 is 9.47 Å². The average Bonchev–Trinajstić information content (AvgIpc) is 3.37. The van der Waals surface area contributed by atoms with Gasteiger partial charge in [0.15, 0.2) is 11.5 Å². The first-order chi connectivity index (χ1) is 13.7. The Morgan fingerprint density at radius 1 is 1.18 bits per heavy atom. The van der Waals surface area contributed by atoms with Crippen LogP contribution in [0.5, 0.6) is 11.5 Å². The summed E-state index contributed by atoms with van der Waals surface area (Å²) in [4.78, 5) is 15.9. The van der Waals surface area contributed by atoms with Crippen LogP contribution < -0.4 is 14.8 Å². The van der Waals surface area contributed by atoms with Crippen LogP contribution in [0.2, 0.25) is 0 Å². The number of aromatic nitrogens is 2. The minimum atomic E-state index is 0.635. The maximum Gasteiger partial charge on any atom is 0.179 e. The molecule has 0 bridgehead atoms. The van der Waals surface area contributed by atoms with Gasteiger partial charge in [-0.2, -0.15) is 0 Å². The molecule has 28 heavy (non-hydrogen) atoms. The molecule has 0 unspecified atom stereocenters. The van der Waals surface area contributed by atoms with Gasteiger partial charge in [-0.25, -0.2) is 9.97 Å². The molecule has 0 radical (unpaired) electrons. The minimum Gasteiger partial charge on any atom is -0.491 e. The topological polar surface area (TPSA) is 71.9 Å². The average molecular weight is 381 g/mol. The van der Waals surface area contributed by atoms with E-state index in [9.17, 15) is 0 Å². The molecule has 4 heterocycles. The van der Waals surface area contributed by atoms with Crippen LogP contribution in [0.3, 0.4) is 0 Å². The van der Waals surface area contributed by atoms with E-state index in [-0.39, 0.29) is 0 Å². The van der Waals surface area contributed by atoms with Crippen LogP contribution in [0.25, 0.3) is 0 Å². The molecule has 7 nitrogen and oxygen atoms in total. The third kappa shape index (κ3) is 4.25. The number of methoxy groups -OCH3 is 1. The van der Waals surface area contributed by atoms with Gasteiger partial charge in [0, 0.05) is 30.1 Å². The van der Waals surface area contributed by atoms with Gasteiger partial charge in [0.25, 0.3) is 0 Å². The molecule has 4 rings (SSSR count). The number of anilines is 2. The van der Waals surface area contributed by atoms with Crippen molar-refractivity contribution >= 4 is 17.9 Å². The van der Waals surface area contributed by atoms with Gasteiger partial charge in [-0.05, 0) is 50.9 Å². The molecular weight excluding hydrogens is 354 g/mol. The highest BCUT2D eigenvalue weighted by molar-refractivity contribution is 5.91. The van der Waals surface area contributed by atoms with E-state index in [1.807, 2.05) is 19.2 Å². The first kappa shape index (κ1) is 18.7. The predicted molar refractivity (Wildman–Crippen MR) is 110 cm³/mol. The highest BCUT2D eigenvalue weighted by Gasteiger charge is 2.16. The lowest BCUT2D eigenvalue weighted by Crippen LogP contribution is -2.22. The van der Waals surface area contributed by atoms with E-state index >= 15 is 0 Å². The van der Waals surface area contributed by atoms with Crippen molar-refractivity contribution in [3.63, 3.8) is 0 Å². The number of fused-ring (bicyclic) bond motifs is 1. The summed E-state index contributed by atoms with van der Waals surface area (Å²) in [6.07, 6.45) is 7.17. The highest BCUT2D eigenvalue weighted by Crippen LogP contribution is 2.31. The number of ether oxygens (including phenoxy) is 2. The summed E-state index contributed by atoms with van der Waals surface area (Å²) in [5, 5.41) is 3.31. The van der Waals surface area contributed by atoms with E-state index in [1.165, 1.54) is 31.5 Å². The summed E-state index contributed by atoms with van der Waals surface area (Å²) in [5.74, 6) is 2.78. The van der Waals surface area contributed by atoms with E-state index in [4.69, 9.17) is 9.47 Å². The number of pyridine rings is 2. The number of nitrogens with one attached hydrogen (secondary N) is 1. The van der Waals surface area contributed by atoms with Crippen molar-refractivity contribution in [1.29, 1.82) is 0 Å². The molecule has 0 amide bonds. The van der Waals surface area contributed by atoms with Gasteiger partial charge in [0.1, 0.15) is 11.6 Å². The zero-order valence-electron chi connectivity index (χ0n) is 16.6. The minimum absolute atomic E-state index is 0.635. The molecule has 0 aromatic carbocycles. The predicted octanol–water partition coefficient (Wildman–Crippen LogP) is 3.33. The summed E-state index contributed by atoms with van der Waals surface area (Å²) >= 11 is 0. The van der Waals surface area contributed by atoms with E-state index in [1.54, 1.807) is 13.3 Å². The second kappa shape index (κ2) is 8.56. The standard InChI is InChI=1S/C21H27N5O2/c1-15-10-16-12-22-13-17(16)21(24-15)25-20-11-18(19(27-2)14-23-20)28-9-5-8-26-6-3-4-7-26/h10-11,13-14H,3-9,12H2,1-2H3,(H,23,24,25).